The van der Waals surface area contributed by atoms with Gasteiger partial charge in [-0.25, -0.2) is 0 Å². The lowest BCUT2D eigenvalue weighted by atomic mass is 10.2. The number of nitrogens with zero attached hydrogens (tertiary/aromatic N) is 9. The monoisotopic (exact) mass is 802 g/mol. The quantitative estimate of drug-likeness (QED) is 0.145. The van der Waals surface area contributed by atoms with E-state index >= 15 is 0 Å². The SMILES string of the molecule is Cc1cc(CCCOCCN2CCN(C)CC2)no1.Cc1cc(CCOCCCN2CCN(C)CC2)no1.Cc1cc(COCCCCN2CCN(C)CC2)no1. The summed E-state index contributed by atoms with van der Waals surface area (Å²) in [6, 6.07) is 5.88. The highest BCUT2D eigenvalue weighted by Crippen LogP contribution is 2.07. The number of rotatable bonds is 21. The van der Waals surface area contributed by atoms with Crippen LogP contribution in [0.5, 0.6) is 0 Å². The number of hydrogen-bond acceptors (Lipinski definition) is 15. The lowest BCUT2D eigenvalue weighted by Crippen LogP contribution is -2.45. The number of aryl methyl sites for hydroxylation is 4. The maximum atomic E-state index is 5.68. The van der Waals surface area contributed by atoms with Crippen molar-refractivity contribution in [3.63, 3.8) is 0 Å². The molecule has 0 bridgehead atoms. The molecule has 0 saturated carbocycles. The minimum Gasteiger partial charge on any atom is -0.381 e. The Morgan fingerprint density at radius 1 is 0.439 bits per heavy atom. The van der Waals surface area contributed by atoms with Gasteiger partial charge in [-0.15, -0.1) is 0 Å². The summed E-state index contributed by atoms with van der Waals surface area (Å²) in [4.78, 5) is 14.7. The Bertz CT molecular complexity index is 1240. The molecule has 3 aromatic heterocycles. The Balaban J connectivity index is 0.000000189. The van der Waals surface area contributed by atoms with E-state index in [9.17, 15) is 0 Å². The van der Waals surface area contributed by atoms with Crippen LogP contribution >= 0.6 is 0 Å². The van der Waals surface area contributed by atoms with Crippen molar-refractivity contribution < 1.29 is 27.8 Å². The summed E-state index contributed by atoms with van der Waals surface area (Å²) in [5.41, 5.74) is 2.90. The molecule has 6 rings (SSSR count). The van der Waals surface area contributed by atoms with Crippen LogP contribution in [0.3, 0.4) is 0 Å². The third-order valence-corrected chi connectivity index (χ3v) is 10.6. The maximum Gasteiger partial charge on any atom is 0.134 e. The fourth-order valence-corrected chi connectivity index (χ4v) is 6.81. The van der Waals surface area contributed by atoms with E-state index in [2.05, 4.69) is 66.0 Å². The fraction of sp³-hybridized carbons (Fsp3) is 0.786. The Morgan fingerprint density at radius 3 is 1.37 bits per heavy atom. The molecule has 0 amide bonds. The molecule has 0 spiro atoms. The van der Waals surface area contributed by atoms with Crippen LogP contribution in [-0.2, 0) is 33.7 Å². The Morgan fingerprint density at radius 2 is 0.860 bits per heavy atom. The number of unbranched alkanes of at least 4 members (excludes halogenated alkanes) is 1. The standard InChI is InChI=1S/3C14H25N3O2/c1-13-12-14(15-19-13)4-11-18-10-3-5-17-8-6-16(2)7-9-17;1-13-12-14(15-19-13)4-3-10-18-11-9-17-7-5-16(2)6-8-17;1-13-11-14(15-19-13)12-18-10-4-3-5-17-8-6-16(2)7-9-17/h2*12H,3-11H2,1-2H3;11H,3-10,12H2,1-2H3. The number of hydrogen-bond donors (Lipinski definition) is 0. The molecule has 0 radical (unpaired) electrons. The van der Waals surface area contributed by atoms with Crippen LogP contribution in [-0.4, -0.2) is 197 Å². The predicted molar refractivity (Wildman–Crippen MR) is 223 cm³/mol. The summed E-state index contributed by atoms with van der Waals surface area (Å²) in [6.45, 7) is 27.9. The average molecular weight is 802 g/mol. The van der Waals surface area contributed by atoms with Gasteiger partial charge in [0.1, 0.15) is 23.0 Å². The Kier molecular flexibility index (Phi) is 23.0. The molecule has 3 aromatic rings. The van der Waals surface area contributed by atoms with E-state index in [1.165, 1.54) is 78.4 Å². The van der Waals surface area contributed by atoms with E-state index in [0.29, 0.717) is 6.61 Å². The van der Waals surface area contributed by atoms with Crippen LogP contribution in [0.25, 0.3) is 0 Å². The van der Waals surface area contributed by atoms with Crippen LogP contribution in [0.1, 0.15) is 60.0 Å². The van der Waals surface area contributed by atoms with E-state index in [1.54, 1.807) is 0 Å². The van der Waals surface area contributed by atoms with Crippen LogP contribution in [0.15, 0.2) is 31.8 Å². The Hall–Kier alpha value is -2.73. The first-order chi connectivity index (χ1) is 27.7. The molecule has 15 heteroatoms. The number of ether oxygens (including phenoxy) is 3. The number of piperazine rings is 3. The Labute approximate surface area is 342 Å². The highest BCUT2D eigenvalue weighted by molar-refractivity contribution is 5.04. The van der Waals surface area contributed by atoms with E-state index in [4.69, 9.17) is 27.8 Å². The maximum absolute atomic E-state index is 5.68. The van der Waals surface area contributed by atoms with E-state index in [-0.39, 0.29) is 0 Å². The van der Waals surface area contributed by atoms with Gasteiger partial charge in [-0.2, -0.15) is 0 Å². The third-order valence-electron chi connectivity index (χ3n) is 10.6. The second-order valence-corrected chi connectivity index (χ2v) is 15.9. The zero-order chi connectivity index (χ0) is 40.5. The van der Waals surface area contributed by atoms with Crippen molar-refractivity contribution in [2.75, 3.05) is 152 Å². The zero-order valence-electron chi connectivity index (χ0n) is 36.3. The summed E-state index contributed by atoms with van der Waals surface area (Å²) in [5.74, 6) is 2.59. The zero-order valence-corrected chi connectivity index (χ0v) is 36.3. The van der Waals surface area contributed by atoms with Gasteiger partial charge in [0.05, 0.1) is 31.2 Å². The molecular weight excluding hydrogens is 727 g/mol. The molecule has 324 valence electrons. The number of likely N-dealkylation sites (N-methyl/N-ethyl adjacent to an activating group) is 3. The van der Waals surface area contributed by atoms with Gasteiger partial charge in [0.2, 0.25) is 0 Å². The molecular formula is C42H75N9O6. The van der Waals surface area contributed by atoms with E-state index < -0.39 is 0 Å². The van der Waals surface area contributed by atoms with Crippen LogP contribution in [0.2, 0.25) is 0 Å². The van der Waals surface area contributed by atoms with Crippen molar-refractivity contribution in [3.8, 4) is 0 Å². The average Bonchev–Trinajstić information content (AvgIpc) is 3.95. The van der Waals surface area contributed by atoms with Crippen molar-refractivity contribution in [2.45, 2.75) is 65.9 Å². The summed E-state index contributed by atoms with van der Waals surface area (Å²) in [7, 11) is 6.56. The van der Waals surface area contributed by atoms with Crippen LogP contribution in [0.4, 0.5) is 0 Å². The molecule has 57 heavy (non-hydrogen) atoms. The summed E-state index contributed by atoms with van der Waals surface area (Å²) >= 11 is 0. The molecule has 0 N–H and O–H groups in total. The summed E-state index contributed by atoms with van der Waals surface area (Å²) in [5, 5.41) is 11.8. The lowest BCUT2D eigenvalue weighted by Gasteiger charge is -2.32. The van der Waals surface area contributed by atoms with Gasteiger partial charge < -0.3 is 52.3 Å². The molecule has 6 heterocycles. The van der Waals surface area contributed by atoms with Crippen molar-refractivity contribution in [2.24, 2.45) is 0 Å². The largest absolute Gasteiger partial charge is 0.381 e. The van der Waals surface area contributed by atoms with Crippen molar-refractivity contribution >= 4 is 0 Å². The molecule has 3 fully saturated rings. The summed E-state index contributed by atoms with van der Waals surface area (Å²) in [6.07, 6.45) is 6.22. The second kappa shape index (κ2) is 27.9. The second-order valence-electron chi connectivity index (χ2n) is 15.9. The smallest absolute Gasteiger partial charge is 0.134 e. The van der Waals surface area contributed by atoms with Gasteiger partial charge in [-0.1, -0.05) is 15.5 Å². The fourth-order valence-electron chi connectivity index (χ4n) is 6.81. The predicted octanol–water partition coefficient (Wildman–Crippen LogP) is 3.89. The highest BCUT2D eigenvalue weighted by Gasteiger charge is 2.15. The van der Waals surface area contributed by atoms with Crippen LogP contribution in [0, 0.1) is 20.8 Å². The normalized spacial score (nSPS) is 18.0. The summed E-state index contributed by atoms with van der Waals surface area (Å²) < 4.78 is 31.9. The molecule has 0 aliphatic carbocycles. The van der Waals surface area contributed by atoms with Crippen molar-refractivity contribution in [3.05, 3.63) is 52.6 Å². The minimum absolute atomic E-state index is 0.561. The van der Waals surface area contributed by atoms with Gasteiger partial charge >= 0.3 is 0 Å². The molecule has 15 nitrogen and oxygen atoms in total. The molecule has 3 aliphatic heterocycles. The van der Waals surface area contributed by atoms with Crippen molar-refractivity contribution in [1.82, 2.24) is 44.9 Å². The van der Waals surface area contributed by atoms with Gasteiger partial charge in [-0.05, 0) is 80.6 Å². The minimum atomic E-state index is 0.561. The molecule has 3 saturated heterocycles. The third kappa shape index (κ3) is 21.2. The molecule has 0 unspecified atom stereocenters. The molecule has 0 atom stereocenters. The number of aromatic nitrogens is 3. The van der Waals surface area contributed by atoms with Gasteiger partial charge in [0.25, 0.3) is 0 Å². The van der Waals surface area contributed by atoms with Gasteiger partial charge in [0, 0.05) is 136 Å². The molecule has 3 aliphatic rings. The molecule has 0 aromatic carbocycles. The van der Waals surface area contributed by atoms with Gasteiger partial charge in [0.15, 0.2) is 0 Å². The topological polar surface area (TPSA) is 125 Å². The van der Waals surface area contributed by atoms with Gasteiger partial charge in [-0.3, -0.25) is 4.90 Å². The van der Waals surface area contributed by atoms with E-state index in [1.807, 2.05) is 39.0 Å². The lowest BCUT2D eigenvalue weighted by molar-refractivity contribution is 0.0807. The highest BCUT2D eigenvalue weighted by atomic mass is 16.5. The first-order valence-corrected chi connectivity index (χ1v) is 21.4. The van der Waals surface area contributed by atoms with Crippen molar-refractivity contribution in [1.29, 1.82) is 0 Å². The van der Waals surface area contributed by atoms with Crippen LogP contribution < -0.4 is 0 Å². The first kappa shape index (κ1) is 47.0. The first-order valence-electron chi connectivity index (χ1n) is 21.4. The van der Waals surface area contributed by atoms with E-state index in [0.717, 1.165) is 126 Å².